The monoisotopic (exact) mass is 430 g/mol. The Balaban J connectivity index is 1.74. The molecular weight excluding hydrogens is 408 g/mol. The van der Waals surface area contributed by atoms with E-state index in [1.165, 1.54) is 28.7 Å². The summed E-state index contributed by atoms with van der Waals surface area (Å²) in [6.07, 6.45) is 0. The number of hydrogen-bond donors (Lipinski definition) is 0. The van der Waals surface area contributed by atoms with Crippen molar-refractivity contribution in [3.05, 3.63) is 45.9 Å². The van der Waals surface area contributed by atoms with Crippen LogP contribution in [0.25, 0.3) is 11.4 Å². The highest BCUT2D eigenvalue weighted by atomic mass is 32.2. The number of ether oxygens (including phenoxy) is 1. The number of carbonyl (C=O) groups excluding carboxylic acids is 2. The van der Waals surface area contributed by atoms with E-state index in [0.717, 1.165) is 17.1 Å². The van der Waals surface area contributed by atoms with Crippen LogP contribution >= 0.6 is 23.1 Å². The van der Waals surface area contributed by atoms with Gasteiger partial charge in [-0.2, -0.15) is 0 Å². The average molecular weight is 431 g/mol. The van der Waals surface area contributed by atoms with E-state index in [1.807, 2.05) is 55.1 Å². The van der Waals surface area contributed by atoms with Crippen molar-refractivity contribution in [2.24, 2.45) is 7.05 Å². The van der Waals surface area contributed by atoms with Crippen LogP contribution in [-0.4, -0.2) is 43.9 Å². The minimum Gasteiger partial charge on any atom is -0.465 e. The second-order valence-corrected chi connectivity index (χ2v) is 8.33. The molecule has 0 spiro atoms. The minimum atomic E-state index is -1.01. The van der Waals surface area contributed by atoms with Crippen LogP contribution in [0.2, 0.25) is 0 Å². The predicted molar refractivity (Wildman–Crippen MR) is 113 cm³/mol. The number of aromatic nitrogens is 4. The topological polar surface area (TPSA) is 87.0 Å². The summed E-state index contributed by atoms with van der Waals surface area (Å²) in [5.41, 5.74) is 2.89. The Hall–Kier alpha value is -2.52. The predicted octanol–water partition coefficient (Wildman–Crippen LogP) is 3.56. The summed E-state index contributed by atoms with van der Waals surface area (Å²) in [5.74, 6) is -1.04. The Morgan fingerprint density at radius 1 is 1.21 bits per heavy atom. The van der Waals surface area contributed by atoms with Crippen molar-refractivity contribution in [3.8, 4) is 11.4 Å². The first-order valence-electron chi connectivity index (χ1n) is 9.11. The van der Waals surface area contributed by atoms with Crippen LogP contribution in [-0.2, 0) is 21.4 Å². The molecule has 0 bridgehead atoms. The number of carbonyl (C=O) groups is 2. The molecule has 0 aliphatic carbocycles. The largest absolute Gasteiger partial charge is 0.465 e. The molecule has 0 N–H and O–H groups in total. The smallest absolute Gasteiger partial charge is 0.323 e. The maximum atomic E-state index is 12.9. The molecule has 0 aliphatic heterocycles. The van der Waals surface area contributed by atoms with Crippen molar-refractivity contribution in [3.63, 3.8) is 0 Å². The second-order valence-electron chi connectivity index (χ2n) is 6.50. The fraction of sp³-hybridized carbons (Fsp3) is 0.350. The van der Waals surface area contributed by atoms with Gasteiger partial charge in [-0.1, -0.05) is 41.6 Å². The van der Waals surface area contributed by atoms with Gasteiger partial charge in [0.15, 0.2) is 22.7 Å². The van der Waals surface area contributed by atoms with Gasteiger partial charge in [0.2, 0.25) is 0 Å². The van der Waals surface area contributed by atoms with Crippen LogP contribution in [0.5, 0.6) is 0 Å². The summed E-state index contributed by atoms with van der Waals surface area (Å²) < 4.78 is 6.94. The number of rotatable bonds is 8. The summed E-state index contributed by atoms with van der Waals surface area (Å²) in [6.45, 7) is 5.78. The van der Waals surface area contributed by atoms with Crippen LogP contribution in [0.4, 0.5) is 0 Å². The van der Waals surface area contributed by atoms with Gasteiger partial charge in [-0.05, 0) is 20.8 Å². The Morgan fingerprint density at radius 2 is 1.93 bits per heavy atom. The third-order valence-electron chi connectivity index (χ3n) is 4.22. The lowest BCUT2D eigenvalue weighted by Gasteiger charge is -2.12. The van der Waals surface area contributed by atoms with Crippen LogP contribution in [0, 0.1) is 13.8 Å². The molecule has 0 saturated carbocycles. The number of benzene rings is 1. The zero-order chi connectivity index (χ0) is 21.0. The normalized spacial score (nSPS) is 12.0. The van der Waals surface area contributed by atoms with E-state index in [-0.39, 0.29) is 18.1 Å². The molecule has 2 aromatic heterocycles. The van der Waals surface area contributed by atoms with Gasteiger partial charge in [-0.3, -0.25) is 9.59 Å². The Morgan fingerprint density at radius 3 is 2.55 bits per heavy atom. The molecule has 9 heteroatoms. The first-order valence-corrected chi connectivity index (χ1v) is 11.0. The fourth-order valence-electron chi connectivity index (χ4n) is 2.71. The molecular formula is C20H22N4O3S2. The third-order valence-corrected chi connectivity index (χ3v) is 6.29. The van der Waals surface area contributed by atoms with Crippen molar-refractivity contribution in [1.82, 2.24) is 19.7 Å². The number of Topliss-reactive ketones (excluding diaryl/α,β-unsaturated/α-hetero) is 1. The summed E-state index contributed by atoms with van der Waals surface area (Å²) in [4.78, 5) is 29.5. The second kappa shape index (κ2) is 9.32. The van der Waals surface area contributed by atoms with E-state index in [9.17, 15) is 9.59 Å². The number of ketones is 1. The molecule has 1 unspecified atom stereocenters. The Kier molecular flexibility index (Phi) is 6.81. The fourth-order valence-corrected chi connectivity index (χ4v) is 4.44. The highest BCUT2D eigenvalue weighted by molar-refractivity contribution is 7.99. The molecule has 0 amide bonds. The van der Waals surface area contributed by atoms with E-state index in [4.69, 9.17) is 4.74 Å². The van der Waals surface area contributed by atoms with Gasteiger partial charge < -0.3 is 9.30 Å². The first kappa shape index (κ1) is 21.2. The summed E-state index contributed by atoms with van der Waals surface area (Å²) in [6, 6.07) is 8.00. The number of thioether (sulfide) groups is 1. The first-order chi connectivity index (χ1) is 13.9. The standard InChI is InChI=1S/C20H22N4O3S2/c1-5-27-19(26)16(18-21-13(3)10-28-18)15(25)11-29-20-23-22-17(24(20)4)14-8-6-12(2)7-9-14/h6-10,16H,5,11H2,1-4H3. The molecule has 1 aromatic carbocycles. The van der Waals surface area contributed by atoms with Crippen molar-refractivity contribution in [1.29, 1.82) is 0 Å². The zero-order valence-electron chi connectivity index (χ0n) is 16.7. The molecule has 0 saturated heterocycles. The Labute approximate surface area is 177 Å². The number of aryl methyl sites for hydroxylation is 2. The Bertz CT molecular complexity index is 1010. The van der Waals surface area contributed by atoms with Crippen molar-refractivity contribution in [2.75, 3.05) is 12.4 Å². The van der Waals surface area contributed by atoms with Crippen molar-refractivity contribution >= 4 is 34.9 Å². The van der Waals surface area contributed by atoms with Gasteiger partial charge >= 0.3 is 5.97 Å². The highest BCUT2D eigenvalue weighted by Crippen LogP contribution is 2.27. The lowest BCUT2D eigenvalue weighted by atomic mass is 10.1. The van der Waals surface area contributed by atoms with E-state index in [1.54, 1.807) is 6.92 Å². The van der Waals surface area contributed by atoms with Gasteiger partial charge in [0.1, 0.15) is 5.01 Å². The molecule has 29 heavy (non-hydrogen) atoms. The van der Waals surface area contributed by atoms with Gasteiger partial charge in [-0.25, -0.2) is 4.98 Å². The van der Waals surface area contributed by atoms with Gasteiger partial charge in [0.05, 0.1) is 12.4 Å². The maximum absolute atomic E-state index is 12.9. The number of hydrogen-bond acceptors (Lipinski definition) is 8. The number of nitrogens with zero attached hydrogens (tertiary/aromatic N) is 4. The zero-order valence-corrected chi connectivity index (χ0v) is 18.3. The molecule has 0 radical (unpaired) electrons. The van der Waals surface area contributed by atoms with Crippen molar-refractivity contribution in [2.45, 2.75) is 31.8 Å². The van der Waals surface area contributed by atoms with Crippen LogP contribution in [0.15, 0.2) is 34.8 Å². The molecule has 152 valence electrons. The summed E-state index contributed by atoms with van der Waals surface area (Å²) in [5, 5.41) is 11.3. The average Bonchev–Trinajstić information content (AvgIpc) is 3.27. The molecule has 0 fully saturated rings. The molecule has 3 aromatic rings. The van der Waals surface area contributed by atoms with Crippen LogP contribution in [0.1, 0.15) is 29.1 Å². The maximum Gasteiger partial charge on any atom is 0.323 e. The third kappa shape index (κ3) is 4.91. The highest BCUT2D eigenvalue weighted by Gasteiger charge is 2.32. The SMILES string of the molecule is CCOC(=O)C(C(=O)CSc1nnc(-c2ccc(C)cc2)n1C)c1nc(C)cs1. The van der Waals surface area contributed by atoms with Crippen LogP contribution in [0.3, 0.4) is 0 Å². The minimum absolute atomic E-state index is 0.0714. The van der Waals surface area contributed by atoms with E-state index in [2.05, 4.69) is 15.2 Å². The van der Waals surface area contributed by atoms with E-state index >= 15 is 0 Å². The van der Waals surface area contributed by atoms with Crippen molar-refractivity contribution < 1.29 is 14.3 Å². The number of thiazole rings is 1. The summed E-state index contributed by atoms with van der Waals surface area (Å²) >= 11 is 2.54. The molecule has 3 rings (SSSR count). The number of esters is 1. The van der Waals surface area contributed by atoms with Gasteiger partial charge in [-0.15, -0.1) is 21.5 Å². The van der Waals surface area contributed by atoms with Crippen LogP contribution < -0.4 is 0 Å². The quantitative estimate of drug-likeness (QED) is 0.307. The molecule has 2 heterocycles. The van der Waals surface area contributed by atoms with E-state index in [0.29, 0.717) is 10.2 Å². The summed E-state index contributed by atoms with van der Waals surface area (Å²) in [7, 11) is 1.86. The van der Waals surface area contributed by atoms with Gasteiger partial charge in [0, 0.05) is 23.7 Å². The molecule has 1 atom stereocenters. The molecule has 7 nitrogen and oxygen atoms in total. The lowest BCUT2D eigenvalue weighted by Crippen LogP contribution is -2.25. The van der Waals surface area contributed by atoms with E-state index < -0.39 is 11.9 Å². The molecule has 0 aliphatic rings. The lowest BCUT2D eigenvalue weighted by molar-refractivity contribution is -0.147. The van der Waals surface area contributed by atoms with Gasteiger partial charge in [0.25, 0.3) is 0 Å².